The molecule has 0 amide bonds. The van der Waals surface area contributed by atoms with Crippen molar-refractivity contribution < 1.29 is 23.3 Å². The van der Waals surface area contributed by atoms with Crippen LogP contribution in [0.2, 0.25) is 0 Å². The molecule has 0 radical (unpaired) electrons. The first-order valence-electron chi connectivity index (χ1n) is 6.06. The summed E-state index contributed by atoms with van der Waals surface area (Å²) in [5, 5.41) is 8.78. The number of rotatable bonds is 3. The minimum atomic E-state index is -1.43. The van der Waals surface area contributed by atoms with Crippen LogP contribution in [-0.2, 0) is 15.5 Å². The van der Waals surface area contributed by atoms with Crippen molar-refractivity contribution in [2.24, 2.45) is 0 Å². The molecule has 2 atom stereocenters. The number of hydrogen-bond acceptors (Lipinski definition) is 4. The molecule has 6 heteroatoms. The third kappa shape index (κ3) is 2.74. The molecule has 0 aromatic carbocycles. The van der Waals surface area contributed by atoms with Gasteiger partial charge in [0.05, 0.1) is 27.3 Å². The van der Waals surface area contributed by atoms with Crippen molar-refractivity contribution in [2.45, 2.75) is 55.7 Å². The van der Waals surface area contributed by atoms with Gasteiger partial charge in [-0.1, -0.05) is 0 Å². The Kier molecular flexibility index (Phi) is 3.35. The first kappa shape index (κ1) is 14.3. The van der Waals surface area contributed by atoms with Gasteiger partial charge in [0.25, 0.3) is 0 Å². The molecular formula is C13H18O5S. The van der Waals surface area contributed by atoms with Gasteiger partial charge in [-0.15, -0.1) is 0 Å². The molecule has 5 nitrogen and oxygen atoms in total. The maximum Gasteiger partial charge on any atom is 0.371 e. The van der Waals surface area contributed by atoms with Crippen molar-refractivity contribution in [1.29, 1.82) is 0 Å². The lowest BCUT2D eigenvalue weighted by Crippen LogP contribution is -2.35. The summed E-state index contributed by atoms with van der Waals surface area (Å²) >= 11 is 0. The van der Waals surface area contributed by atoms with Crippen LogP contribution in [0.5, 0.6) is 0 Å². The molecule has 1 saturated heterocycles. The van der Waals surface area contributed by atoms with Crippen molar-refractivity contribution in [2.75, 3.05) is 0 Å². The molecule has 1 fully saturated rings. The average Bonchev–Trinajstić information content (AvgIpc) is 2.79. The fourth-order valence-electron chi connectivity index (χ4n) is 2.53. The maximum absolute atomic E-state index is 12.5. The van der Waals surface area contributed by atoms with Gasteiger partial charge in [0, 0.05) is 0 Å². The van der Waals surface area contributed by atoms with E-state index in [-0.39, 0.29) is 21.7 Å². The van der Waals surface area contributed by atoms with Crippen LogP contribution in [-0.4, -0.2) is 31.7 Å². The van der Waals surface area contributed by atoms with Gasteiger partial charge in [0.15, 0.2) is 5.09 Å². The molecule has 1 aliphatic heterocycles. The molecule has 2 rings (SSSR count). The van der Waals surface area contributed by atoms with Gasteiger partial charge in [-0.3, -0.25) is 4.21 Å². The molecular weight excluding hydrogens is 268 g/mol. The van der Waals surface area contributed by atoms with Crippen molar-refractivity contribution in [3.63, 3.8) is 0 Å². The Morgan fingerprint density at radius 3 is 2.42 bits per heavy atom. The number of furan rings is 1. The average molecular weight is 286 g/mol. The Morgan fingerprint density at radius 2 is 2.00 bits per heavy atom. The zero-order chi connectivity index (χ0) is 14.4. The normalized spacial score (nSPS) is 26.2. The summed E-state index contributed by atoms with van der Waals surface area (Å²) in [6.07, 6.45) is 0.635. The highest BCUT2D eigenvalue weighted by atomic mass is 32.2. The summed E-state index contributed by atoms with van der Waals surface area (Å²) in [5.74, 6) is -1.36. The highest BCUT2D eigenvalue weighted by Gasteiger charge is 2.49. The Morgan fingerprint density at radius 1 is 1.37 bits per heavy atom. The summed E-state index contributed by atoms with van der Waals surface area (Å²) in [6.45, 7) is 7.70. The molecule has 2 unspecified atom stereocenters. The molecule has 1 aliphatic rings. The smallest absolute Gasteiger partial charge is 0.371 e. The van der Waals surface area contributed by atoms with E-state index in [1.165, 1.54) is 12.1 Å². The topological polar surface area (TPSA) is 76.7 Å². The Labute approximate surface area is 114 Å². The molecule has 1 aromatic heterocycles. The lowest BCUT2D eigenvalue weighted by atomic mass is 10.0. The molecule has 19 heavy (non-hydrogen) atoms. The van der Waals surface area contributed by atoms with Gasteiger partial charge >= 0.3 is 5.97 Å². The van der Waals surface area contributed by atoms with Crippen molar-refractivity contribution in [3.8, 4) is 0 Å². The molecule has 1 aromatic rings. The van der Waals surface area contributed by atoms with Gasteiger partial charge in [-0.05, 0) is 46.2 Å². The Balaban J connectivity index is 2.26. The zero-order valence-corrected chi connectivity index (χ0v) is 12.2. The second kappa shape index (κ2) is 4.45. The molecule has 0 saturated carbocycles. The summed E-state index contributed by atoms with van der Waals surface area (Å²) in [4.78, 5) is 10.8. The van der Waals surface area contributed by atoms with E-state index in [4.69, 9.17) is 14.3 Å². The minimum absolute atomic E-state index is 0.191. The summed E-state index contributed by atoms with van der Waals surface area (Å²) in [7, 11) is -1.43. The van der Waals surface area contributed by atoms with Crippen molar-refractivity contribution in [3.05, 3.63) is 17.9 Å². The van der Waals surface area contributed by atoms with E-state index in [9.17, 15) is 9.00 Å². The van der Waals surface area contributed by atoms with Gasteiger partial charge in [0.2, 0.25) is 5.76 Å². The summed E-state index contributed by atoms with van der Waals surface area (Å²) < 4.78 is 23.6. The van der Waals surface area contributed by atoms with Gasteiger partial charge in [-0.2, -0.15) is 0 Å². The monoisotopic (exact) mass is 286 g/mol. The first-order valence-corrected chi connectivity index (χ1v) is 7.27. The Hall–Kier alpha value is -1.14. The van der Waals surface area contributed by atoms with Crippen LogP contribution in [0.1, 0.15) is 44.7 Å². The van der Waals surface area contributed by atoms with Crippen LogP contribution in [0.25, 0.3) is 0 Å². The van der Waals surface area contributed by atoms with Gasteiger partial charge < -0.3 is 14.3 Å². The standard InChI is InChI=1S/C13H18O5S/c1-12(2)7-9(13(3,4)18-12)19(16)10-6-5-8(17-10)11(14)15/h5-6,9H,7H2,1-4H3,(H,14,15). The molecule has 0 spiro atoms. The molecule has 0 bridgehead atoms. The number of ether oxygens (including phenoxy) is 1. The second-order valence-electron chi connectivity index (χ2n) is 5.88. The predicted octanol–water partition coefficient (Wildman–Crippen LogP) is 2.43. The lowest BCUT2D eigenvalue weighted by Gasteiger charge is -2.26. The number of aromatic carboxylic acids is 1. The van der Waals surface area contributed by atoms with E-state index in [1.54, 1.807) is 0 Å². The number of carboxylic acid groups (broad SMARTS) is 1. The SMILES string of the molecule is CC1(C)CC(S(=O)c2ccc(C(=O)O)o2)C(C)(C)O1. The van der Waals surface area contributed by atoms with Crippen LogP contribution in [0.3, 0.4) is 0 Å². The highest BCUT2D eigenvalue weighted by Crippen LogP contribution is 2.41. The van der Waals surface area contributed by atoms with Crippen LogP contribution >= 0.6 is 0 Å². The van der Waals surface area contributed by atoms with E-state index >= 15 is 0 Å². The van der Waals surface area contributed by atoms with E-state index in [2.05, 4.69) is 0 Å². The quantitative estimate of drug-likeness (QED) is 0.923. The maximum atomic E-state index is 12.5. The largest absolute Gasteiger partial charge is 0.475 e. The molecule has 0 aliphatic carbocycles. The van der Waals surface area contributed by atoms with Crippen LogP contribution in [0, 0.1) is 0 Å². The van der Waals surface area contributed by atoms with E-state index < -0.39 is 22.4 Å². The Bertz CT molecular complexity index is 529. The highest BCUT2D eigenvalue weighted by molar-refractivity contribution is 7.85. The lowest BCUT2D eigenvalue weighted by molar-refractivity contribution is -0.0634. The second-order valence-corrected chi connectivity index (χ2v) is 7.45. The molecule has 2 heterocycles. The summed E-state index contributed by atoms with van der Waals surface area (Å²) in [5.41, 5.74) is -0.878. The van der Waals surface area contributed by atoms with Crippen molar-refractivity contribution in [1.82, 2.24) is 0 Å². The van der Waals surface area contributed by atoms with E-state index in [0.29, 0.717) is 6.42 Å². The van der Waals surface area contributed by atoms with Gasteiger partial charge in [-0.25, -0.2) is 4.79 Å². The van der Waals surface area contributed by atoms with Gasteiger partial charge in [0.1, 0.15) is 0 Å². The number of hydrogen-bond donors (Lipinski definition) is 1. The third-order valence-corrected chi connectivity index (χ3v) is 5.11. The predicted molar refractivity (Wildman–Crippen MR) is 69.7 cm³/mol. The molecule has 106 valence electrons. The number of carbonyl (C=O) groups is 1. The third-order valence-electron chi connectivity index (χ3n) is 3.24. The first-order chi connectivity index (χ1) is 8.62. The van der Waals surface area contributed by atoms with E-state index in [0.717, 1.165) is 0 Å². The van der Waals surface area contributed by atoms with Crippen LogP contribution in [0.4, 0.5) is 0 Å². The van der Waals surface area contributed by atoms with Crippen LogP contribution < -0.4 is 0 Å². The minimum Gasteiger partial charge on any atom is -0.475 e. The van der Waals surface area contributed by atoms with Crippen molar-refractivity contribution >= 4 is 16.8 Å². The molecule has 1 N–H and O–H groups in total. The fourth-order valence-corrected chi connectivity index (χ4v) is 4.30. The van der Waals surface area contributed by atoms with E-state index in [1.807, 2.05) is 27.7 Å². The van der Waals surface area contributed by atoms with Crippen LogP contribution in [0.15, 0.2) is 21.6 Å². The fraction of sp³-hybridized carbons (Fsp3) is 0.615. The number of carboxylic acids is 1. The zero-order valence-electron chi connectivity index (χ0n) is 11.4. The summed E-state index contributed by atoms with van der Waals surface area (Å²) in [6, 6.07) is 2.78.